The monoisotopic (exact) mass is 294 g/mol. The first-order chi connectivity index (χ1) is 9.79. The molecule has 112 valence electrons. The minimum atomic E-state index is -0.674. The smallest absolute Gasteiger partial charge is 0.304 e. The summed E-state index contributed by atoms with van der Waals surface area (Å²) in [7, 11) is 0. The van der Waals surface area contributed by atoms with E-state index in [4.69, 9.17) is 5.11 Å². The molecule has 3 heteroatoms. The number of carboxylic acids is 1. The van der Waals surface area contributed by atoms with Crippen LogP contribution in [0, 0.1) is 0 Å². The summed E-state index contributed by atoms with van der Waals surface area (Å²) in [5, 5.41) is 9.22. The Balaban J connectivity index is 2.43. The van der Waals surface area contributed by atoms with Crippen LogP contribution < -0.4 is 0 Å². The summed E-state index contributed by atoms with van der Waals surface area (Å²) in [6.45, 7) is 0. The number of carbonyl (C=O) groups is 1. The standard InChI is InChI=1S/C17H26O2S/c18-17(19)15-16-13-11-9-7-5-3-1-2-4-6-8-10-12-14-20-16/h1,3-4,6-7,9,16H,2,5,8,10-15H2,(H,18,19)/b3-1-,6-4+,9-7-. The number of rotatable bonds is 2. The molecule has 0 bridgehead atoms. The van der Waals surface area contributed by atoms with Crippen LogP contribution in [-0.2, 0) is 4.79 Å². The Kier molecular flexibility index (Phi) is 10.1. The molecule has 0 amide bonds. The third-order valence-electron chi connectivity index (χ3n) is 3.22. The molecule has 20 heavy (non-hydrogen) atoms. The highest BCUT2D eigenvalue weighted by atomic mass is 32.2. The summed E-state index contributed by atoms with van der Waals surface area (Å²) >= 11 is 1.83. The van der Waals surface area contributed by atoms with Crippen LogP contribution in [0.25, 0.3) is 0 Å². The highest BCUT2D eigenvalue weighted by Gasteiger charge is 2.12. The topological polar surface area (TPSA) is 37.3 Å². The van der Waals surface area contributed by atoms with Crippen molar-refractivity contribution in [2.24, 2.45) is 0 Å². The molecule has 1 atom stereocenters. The van der Waals surface area contributed by atoms with Crippen molar-refractivity contribution in [2.75, 3.05) is 5.75 Å². The SMILES string of the molecule is O=C(O)CC1CC/C=C\C/C=C\C/C=C/CCCCS1. The van der Waals surface area contributed by atoms with Crippen molar-refractivity contribution >= 4 is 17.7 Å². The maximum absolute atomic E-state index is 10.9. The van der Waals surface area contributed by atoms with Gasteiger partial charge in [-0.25, -0.2) is 0 Å². The van der Waals surface area contributed by atoms with Crippen LogP contribution >= 0.6 is 11.8 Å². The van der Waals surface area contributed by atoms with Gasteiger partial charge in [0.2, 0.25) is 0 Å². The number of hydrogen-bond donors (Lipinski definition) is 1. The summed E-state index contributed by atoms with van der Waals surface area (Å²) in [5.74, 6) is 0.404. The Morgan fingerprint density at radius 1 is 1.00 bits per heavy atom. The van der Waals surface area contributed by atoms with Crippen LogP contribution in [0.2, 0.25) is 0 Å². The van der Waals surface area contributed by atoms with Crippen molar-refractivity contribution in [2.45, 2.75) is 56.6 Å². The van der Waals surface area contributed by atoms with E-state index >= 15 is 0 Å². The molecule has 1 aliphatic rings. The van der Waals surface area contributed by atoms with E-state index in [9.17, 15) is 4.79 Å². The Bertz CT molecular complexity index is 345. The maximum atomic E-state index is 10.9. The fourth-order valence-electron chi connectivity index (χ4n) is 2.11. The van der Waals surface area contributed by atoms with Gasteiger partial charge in [0.05, 0.1) is 6.42 Å². The summed E-state index contributed by atoms with van der Waals surface area (Å²) in [4.78, 5) is 10.9. The first kappa shape index (κ1) is 17.1. The normalized spacial score (nSPS) is 27.5. The highest BCUT2D eigenvalue weighted by Crippen LogP contribution is 2.22. The molecule has 0 aromatic rings. The number of hydrogen-bond acceptors (Lipinski definition) is 2. The van der Waals surface area contributed by atoms with E-state index < -0.39 is 5.97 Å². The van der Waals surface area contributed by atoms with E-state index in [1.165, 1.54) is 12.8 Å². The van der Waals surface area contributed by atoms with E-state index in [2.05, 4.69) is 36.5 Å². The lowest BCUT2D eigenvalue weighted by Crippen LogP contribution is -2.10. The number of thioether (sulfide) groups is 1. The van der Waals surface area contributed by atoms with Crippen LogP contribution in [0.1, 0.15) is 51.4 Å². The molecule has 1 unspecified atom stereocenters. The average Bonchev–Trinajstić information content (AvgIpc) is 2.40. The second-order valence-electron chi connectivity index (χ2n) is 5.05. The Morgan fingerprint density at radius 3 is 2.35 bits per heavy atom. The third-order valence-corrected chi connectivity index (χ3v) is 4.62. The van der Waals surface area contributed by atoms with E-state index in [1.54, 1.807) is 0 Å². The maximum Gasteiger partial charge on any atom is 0.304 e. The predicted octanol–water partition coefficient (Wildman–Crippen LogP) is 4.98. The molecule has 0 saturated carbocycles. The second kappa shape index (κ2) is 11.8. The van der Waals surface area contributed by atoms with Crippen LogP contribution in [0.4, 0.5) is 0 Å². The zero-order valence-electron chi connectivity index (χ0n) is 12.2. The van der Waals surface area contributed by atoms with Crippen molar-refractivity contribution in [3.63, 3.8) is 0 Å². The van der Waals surface area contributed by atoms with Gasteiger partial charge in [-0.2, -0.15) is 11.8 Å². The average molecular weight is 294 g/mol. The quantitative estimate of drug-likeness (QED) is 0.730. The van der Waals surface area contributed by atoms with Gasteiger partial charge >= 0.3 is 5.97 Å². The van der Waals surface area contributed by atoms with Crippen molar-refractivity contribution in [1.29, 1.82) is 0 Å². The summed E-state index contributed by atoms with van der Waals surface area (Å²) < 4.78 is 0. The van der Waals surface area contributed by atoms with Crippen LogP contribution in [0.3, 0.4) is 0 Å². The minimum Gasteiger partial charge on any atom is -0.481 e. The van der Waals surface area contributed by atoms with Gasteiger partial charge in [0.15, 0.2) is 0 Å². The molecule has 1 aliphatic heterocycles. The number of carboxylic acid groups (broad SMARTS) is 1. The number of allylic oxidation sites excluding steroid dienone is 6. The van der Waals surface area contributed by atoms with Gasteiger partial charge < -0.3 is 5.11 Å². The van der Waals surface area contributed by atoms with Gasteiger partial charge in [-0.3, -0.25) is 4.79 Å². The molecule has 2 nitrogen and oxygen atoms in total. The zero-order chi connectivity index (χ0) is 14.5. The van der Waals surface area contributed by atoms with Crippen molar-refractivity contribution in [3.05, 3.63) is 36.5 Å². The fourth-order valence-corrected chi connectivity index (χ4v) is 3.38. The van der Waals surface area contributed by atoms with E-state index in [1.807, 2.05) is 11.8 Å². The molecule has 0 spiro atoms. The van der Waals surface area contributed by atoms with Crippen LogP contribution in [0.5, 0.6) is 0 Å². The lowest BCUT2D eigenvalue weighted by atomic mass is 10.1. The lowest BCUT2D eigenvalue weighted by Gasteiger charge is -2.13. The van der Waals surface area contributed by atoms with Gasteiger partial charge in [0.1, 0.15) is 0 Å². The second-order valence-corrected chi connectivity index (χ2v) is 6.46. The molecular formula is C17H26O2S. The van der Waals surface area contributed by atoms with Gasteiger partial charge in [-0.1, -0.05) is 36.5 Å². The molecule has 0 radical (unpaired) electrons. The molecule has 1 N–H and O–H groups in total. The molecule has 0 aromatic heterocycles. The van der Waals surface area contributed by atoms with Crippen LogP contribution in [-0.4, -0.2) is 22.1 Å². The van der Waals surface area contributed by atoms with E-state index in [0.29, 0.717) is 0 Å². The van der Waals surface area contributed by atoms with Gasteiger partial charge in [-0.15, -0.1) is 0 Å². The van der Waals surface area contributed by atoms with Crippen LogP contribution in [0.15, 0.2) is 36.5 Å². The fraction of sp³-hybridized carbons (Fsp3) is 0.588. The van der Waals surface area contributed by atoms with Crippen molar-refractivity contribution in [1.82, 2.24) is 0 Å². The molecule has 0 aliphatic carbocycles. The van der Waals surface area contributed by atoms with Gasteiger partial charge in [0.25, 0.3) is 0 Å². The van der Waals surface area contributed by atoms with Crippen molar-refractivity contribution < 1.29 is 9.90 Å². The summed E-state index contributed by atoms with van der Waals surface area (Å²) in [6.07, 6.45) is 21.0. The van der Waals surface area contributed by atoms with Gasteiger partial charge in [-0.05, 0) is 50.7 Å². The molecule has 0 fully saturated rings. The molecule has 0 aromatic carbocycles. The summed E-state index contributed by atoms with van der Waals surface area (Å²) in [5.41, 5.74) is 0. The largest absolute Gasteiger partial charge is 0.481 e. The molecule has 1 rings (SSSR count). The first-order valence-corrected chi connectivity index (χ1v) is 8.62. The lowest BCUT2D eigenvalue weighted by molar-refractivity contribution is -0.137. The van der Waals surface area contributed by atoms with E-state index in [0.717, 1.165) is 37.9 Å². The third kappa shape index (κ3) is 9.90. The highest BCUT2D eigenvalue weighted by molar-refractivity contribution is 7.99. The van der Waals surface area contributed by atoms with E-state index in [-0.39, 0.29) is 11.7 Å². The minimum absolute atomic E-state index is 0.260. The zero-order valence-corrected chi connectivity index (χ0v) is 13.0. The first-order valence-electron chi connectivity index (χ1n) is 7.57. The van der Waals surface area contributed by atoms with Gasteiger partial charge in [0, 0.05) is 5.25 Å². The molecule has 1 heterocycles. The Labute approximate surface area is 127 Å². The van der Waals surface area contributed by atoms with Crippen molar-refractivity contribution in [3.8, 4) is 0 Å². The molecule has 0 saturated heterocycles. The number of aliphatic carboxylic acids is 1. The predicted molar refractivity (Wildman–Crippen MR) is 88.2 cm³/mol. The Morgan fingerprint density at radius 2 is 1.65 bits per heavy atom. The molecular weight excluding hydrogens is 268 g/mol. The summed E-state index contributed by atoms with van der Waals surface area (Å²) in [6, 6.07) is 0. The Hall–Kier alpha value is -0.960.